The molecule has 5 N–H and O–H groups in total. The molecule has 0 saturated heterocycles. The van der Waals surface area contributed by atoms with Gasteiger partial charge in [0.15, 0.2) is 0 Å². The molecule has 8 heteroatoms. The number of carboxylic acids is 1. The molecule has 0 aromatic heterocycles. The maximum atomic E-state index is 11.4. The first kappa shape index (κ1) is 18.2. The number of carbonyl (C=O) groups excluding carboxylic acids is 2. The molecule has 0 saturated carbocycles. The van der Waals surface area contributed by atoms with Gasteiger partial charge in [-0.2, -0.15) is 0 Å². The van der Waals surface area contributed by atoms with Gasteiger partial charge < -0.3 is 26.2 Å². The molecular formula is C12H23N3O5. The molecule has 0 aromatic rings. The lowest BCUT2D eigenvalue weighted by molar-refractivity contribution is -0.139. The Bertz CT molecular complexity index is 335. The number of aliphatic hydroxyl groups excluding tert-OH is 1. The van der Waals surface area contributed by atoms with Gasteiger partial charge in [0.05, 0.1) is 0 Å². The number of rotatable bonds is 9. The summed E-state index contributed by atoms with van der Waals surface area (Å²) in [5.74, 6) is -1.39. The number of aliphatic carboxylic acids is 1. The fourth-order valence-corrected chi connectivity index (χ4v) is 1.33. The van der Waals surface area contributed by atoms with Crippen LogP contribution < -0.4 is 16.0 Å². The fourth-order valence-electron chi connectivity index (χ4n) is 1.33. The Kier molecular flexibility index (Phi) is 9.10. The Labute approximate surface area is 117 Å². The van der Waals surface area contributed by atoms with Crippen LogP contribution in [0.25, 0.3) is 0 Å². The van der Waals surface area contributed by atoms with Crippen LogP contribution >= 0.6 is 0 Å². The van der Waals surface area contributed by atoms with Crippen LogP contribution in [0.15, 0.2) is 0 Å². The topological polar surface area (TPSA) is 128 Å². The van der Waals surface area contributed by atoms with Gasteiger partial charge >= 0.3 is 12.0 Å². The highest BCUT2D eigenvalue weighted by Crippen LogP contribution is 1.92. The van der Waals surface area contributed by atoms with Crippen LogP contribution in [0.3, 0.4) is 0 Å². The van der Waals surface area contributed by atoms with Gasteiger partial charge in [-0.1, -0.05) is 6.92 Å². The molecule has 0 fully saturated rings. The minimum atomic E-state index is -1.22. The van der Waals surface area contributed by atoms with Gasteiger partial charge in [-0.3, -0.25) is 4.79 Å². The Balaban J connectivity index is 3.93. The predicted molar refractivity (Wildman–Crippen MR) is 72.2 cm³/mol. The van der Waals surface area contributed by atoms with Gasteiger partial charge in [0, 0.05) is 32.0 Å². The van der Waals surface area contributed by atoms with Gasteiger partial charge in [-0.15, -0.1) is 0 Å². The summed E-state index contributed by atoms with van der Waals surface area (Å²) in [5.41, 5.74) is 0. The van der Waals surface area contributed by atoms with E-state index in [0.717, 1.165) is 6.42 Å². The maximum Gasteiger partial charge on any atom is 0.326 e. The summed E-state index contributed by atoms with van der Waals surface area (Å²) < 4.78 is 0. The van der Waals surface area contributed by atoms with E-state index >= 15 is 0 Å². The van der Waals surface area contributed by atoms with Gasteiger partial charge in [0.25, 0.3) is 0 Å². The van der Waals surface area contributed by atoms with Crippen molar-refractivity contribution < 1.29 is 24.6 Å². The van der Waals surface area contributed by atoms with Crippen LogP contribution in [0.1, 0.15) is 33.1 Å². The zero-order valence-electron chi connectivity index (χ0n) is 11.8. The van der Waals surface area contributed by atoms with Crippen molar-refractivity contribution in [1.82, 2.24) is 16.0 Å². The van der Waals surface area contributed by atoms with Crippen molar-refractivity contribution in [2.75, 3.05) is 13.2 Å². The maximum absolute atomic E-state index is 11.4. The summed E-state index contributed by atoms with van der Waals surface area (Å²) >= 11 is 0. The van der Waals surface area contributed by atoms with Crippen molar-refractivity contribution in [2.24, 2.45) is 0 Å². The van der Waals surface area contributed by atoms with E-state index < -0.39 is 18.0 Å². The van der Waals surface area contributed by atoms with E-state index in [0.29, 0.717) is 0 Å². The second-order valence-electron chi connectivity index (χ2n) is 4.43. The molecule has 0 radical (unpaired) electrons. The highest BCUT2D eigenvalue weighted by atomic mass is 16.4. The van der Waals surface area contributed by atoms with Crippen LogP contribution in [0.5, 0.6) is 0 Å². The number of nitrogens with one attached hydrogen (secondary N) is 3. The lowest BCUT2D eigenvalue weighted by Crippen LogP contribution is -2.47. The molecule has 0 heterocycles. The molecule has 8 nitrogen and oxygen atoms in total. The molecular weight excluding hydrogens is 266 g/mol. The zero-order valence-corrected chi connectivity index (χ0v) is 11.8. The summed E-state index contributed by atoms with van der Waals surface area (Å²) in [6.45, 7) is 3.60. The molecule has 0 aliphatic carbocycles. The number of carbonyl (C=O) groups is 3. The van der Waals surface area contributed by atoms with E-state index in [1.54, 1.807) is 0 Å². The van der Waals surface area contributed by atoms with Crippen LogP contribution in [0.4, 0.5) is 4.79 Å². The number of hydrogen-bond donors (Lipinski definition) is 5. The van der Waals surface area contributed by atoms with Crippen molar-refractivity contribution >= 4 is 17.9 Å². The first-order chi connectivity index (χ1) is 9.40. The smallest absolute Gasteiger partial charge is 0.326 e. The van der Waals surface area contributed by atoms with Crippen molar-refractivity contribution in [1.29, 1.82) is 0 Å². The third-order valence-corrected chi connectivity index (χ3v) is 2.68. The Morgan fingerprint density at radius 2 is 1.85 bits per heavy atom. The highest BCUT2D eigenvalue weighted by molar-refractivity contribution is 5.83. The SMILES string of the molecule is CCC(C)NC(=O)CCNC(=O)N[C@@H](CCO)C(=O)O. The summed E-state index contributed by atoms with van der Waals surface area (Å²) in [7, 11) is 0. The minimum absolute atomic E-state index is 0.0722. The molecule has 2 atom stereocenters. The van der Waals surface area contributed by atoms with Crippen molar-refractivity contribution in [3.63, 3.8) is 0 Å². The van der Waals surface area contributed by atoms with Crippen LogP contribution in [0, 0.1) is 0 Å². The lowest BCUT2D eigenvalue weighted by Gasteiger charge is -2.14. The van der Waals surface area contributed by atoms with Gasteiger partial charge in [-0.25, -0.2) is 9.59 Å². The molecule has 0 aromatic carbocycles. The summed E-state index contributed by atoms with van der Waals surface area (Å²) in [6.07, 6.45) is 0.869. The van der Waals surface area contributed by atoms with E-state index in [1.807, 2.05) is 13.8 Å². The predicted octanol–water partition coefficient (Wildman–Crippen LogP) is -0.574. The van der Waals surface area contributed by atoms with E-state index in [4.69, 9.17) is 10.2 Å². The van der Waals surface area contributed by atoms with E-state index in [9.17, 15) is 14.4 Å². The fraction of sp³-hybridized carbons (Fsp3) is 0.750. The molecule has 1 unspecified atom stereocenters. The molecule has 0 aliphatic heterocycles. The van der Waals surface area contributed by atoms with Gasteiger partial charge in [0.1, 0.15) is 6.04 Å². The van der Waals surface area contributed by atoms with Crippen molar-refractivity contribution in [2.45, 2.75) is 45.2 Å². The Morgan fingerprint density at radius 3 is 2.35 bits per heavy atom. The van der Waals surface area contributed by atoms with Gasteiger partial charge in [0.2, 0.25) is 5.91 Å². The first-order valence-electron chi connectivity index (χ1n) is 6.58. The van der Waals surface area contributed by atoms with Crippen LogP contribution in [-0.4, -0.2) is 53.4 Å². The van der Waals surface area contributed by atoms with Crippen molar-refractivity contribution in [3.05, 3.63) is 0 Å². The average molecular weight is 289 g/mol. The van der Waals surface area contributed by atoms with Crippen molar-refractivity contribution in [3.8, 4) is 0 Å². The second-order valence-corrected chi connectivity index (χ2v) is 4.43. The number of aliphatic hydroxyl groups is 1. The standard InChI is InChI=1S/C12H23N3O5/c1-3-8(2)14-10(17)4-6-13-12(20)15-9(5-7-16)11(18)19/h8-9,16H,3-7H2,1-2H3,(H,14,17)(H,18,19)(H2,13,15,20)/t8?,9-/m0/s1. The summed E-state index contributed by atoms with van der Waals surface area (Å²) in [6, 6.07) is -1.74. The monoisotopic (exact) mass is 289 g/mol. The Morgan fingerprint density at radius 1 is 1.20 bits per heavy atom. The number of carboxylic acid groups (broad SMARTS) is 1. The molecule has 0 aliphatic rings. The van der Waals surface area contributed by atoms with E-state index in [1.165, 1.54) is 0 Å². The normalized spacial score (nSPS) is 13.2. The summed E-state index contributed by atoms with van der Waals surface area (Å²) in [5, 5.41) is 24.8. The molecule has 0 spiro atoms. The molecule has 0 bridgehead atoms. The Hall–Kier alpha value is -1.83. The molecule has 3 amide bonds. The largest absolute Gasteiger partial charge is 0.480 e. The second kappa shape index (κ2) is 10.0. The van der Waals surface area contributed by atoms with Gasteiger partial charge in [-0.05, 0) is 13.3 Å². The first-order valence-corrected chi connectivity index (χ1v) is 6.58. The van der Waals surface area contributed by atoms with E-state index in [2.05, 4.69) is 16.0 Å². The molecule has 0 rings (SSSR count). The third-order valence-electron chi connectivity index (χ3n) is 2.68. The van der Waals surface area contributed by atoms with E-state index in [-0.39, 0.29) is 37.9 Å². The molecule has 20 heavy (non-hydrogen) atoms. The zero-order chi connectivity index (χ0) is 15.5. The third kappa shape index (κ3) is 8.30. The summed E-state index contributed by atoms with van der Waals surface area (Å²) in [4.78, 5) is 33.6. The number of amides is 3. The number of urea groups is 1. The van der Waals surface area contributed by atoms with Crippen LogP contribution in [0.2, 0.25) is 0 Å². The lowest BCUT2D eigenvalue weighted by atomic mass is 10.2. The van der Waals surface area contributed by atoms with Crippen LogP contribution in [-0.2, 0) is 9.59 Å². The quantitative estimate of drug-likeness (QED) is 0.388. The molecule has 116 valence electrons. The minimum Gasteiger partial charge on any atom is -0.480 e. The highest BCUT2D eigenvalue weighted by Gasteiger charge is 2.18. The number of hydrogen-bond acceptors (Lipinski definition) is 4. The average Bonchev–Trinajstić information content (AvgIpc) is 2.37.